The first-order valence-corrected chi connectivity index (χ1v) is 12.7. The lowest BCUT2D eigenvalue weighted by molar-refractivity contribution is -0.123. The minimum Gasteiger partial charge on any atom is -0.377 e. The third kappa shape index (κ3) is 5.89. The van der Waals surface area contributed by atoms with E-state index in [1.807, 2.05) is 18.2 Å². The van der Waals surface area contributed by atoms with Crippen LogP contribution in [0.3, 0.4) is 0 Å². The first kappa shape index (κ1) is 24.5. The van der Waals surface area contributed by atoms with Crippen LogP contribution < -0.4 is 16.0 Å². The number of amides is 1. The van der Waals surface area contributed by atoms with Crippen molar-refractivity contribution < 1.29 is 4.79 Å². The molecule has 2 aromatic carbocycles. The quantitative estimate of drug-likeness (QED) is 0.502. The van der Waals surface area contributed by atoms with Crippen LogP contribution in [0.4, 0.5) is 11.4 Å². The van der Waals surface area contributed by atoms with E-state index in [9.17, 15) is 4.79 Å². The van der Waals surface area contributed by atoms with Crippen molar-refractivity contribution in [2.75, 3.05) is 36.4 Å². The van der Waals surface area contributed by atoms with Gasteiger partial charge in [0.05, 0.1) is 16.8 Å². The highest BCUT2D eigenvalue weighted by molar-refractivity contribution is 6.35. The fourth-order valence-electron chi connectivity index (χ4n) is 5.08. The van der Waals surface area contributed by atoms with Crippen molar-refractivity contribution in [3.8, 4) is 0 Å². The summed E-state index contributed by atoms with van der Waals surface area (Å²) >= 11 is 18.9. The third-order valence-corrected chi connectivity index (χ3v) is 7.89. The van der Waals surface area contributed by atoms with Gasteiger partial charge >= 0.3 is 0 Å². The van der Waals surface area contributed by atoms with Gasteiger partial charge in [-0.2, -0.15) is 0 Å². The highest BCUT2D eigenvalue weighted by Gasteiger charge is 2.31. The number of nitrogens with zero attached hydrogens (tertiary/aromatic N) is 2. The molecule has 1 saturated carbocycles. The van der Waals surface area contributed by atoms with Crippen molar-refractivity contribution in [2.45, 2.75) is 44.7 Å². The molecule has 1 aliphatic heterocycles. The zero-order valence-corrected chi connectivity index (χ0v) is 21.1. The van der Waals surface area contributed by atoms with Crippen LogP contribution in [0.1, 0.15) is 44.2 Å². The second kappa shape index (κ2) is 10.7. The maximum Gasteiger partial charge on any atom is 0.220 e. The molecule has 3 atom stereocenters. The van der Waals surface area contributed by atoms with Crippen LogP contribution in [0.25, 0.3) is 0 Å². The average molecular weight is 510 g/mol. The van der Waals surface area contributed by atoms with Crippen LogP contribution >= 0.6 is 34.8 Å². The van der Waals surface area contributed by atoms with Gasteiger partial charge in [0, 0.05) is 53.9 Å². The summed E-state index contributed by atoms with van der Waals surface area (Å²) in [6.07, 6.45) is 4.08. The molecule has 1 unspecified atom stereocenters. The molecule has 2 aromatic rings. The first-order chi connectivity index (χ1) is 15.8. The largest absolute Gasteiger partial charge is 0.377 e. The van der Waals surface area contributed by atoms with E-state index in [4.69, 9.17) is 40.5 Å². The average Bonchev–Trinajstić information content (AvgIpc) is 2.80. The lowest BCUT2D eigenvalue weighted by Crippen LogP contribution is -2.52. The maximum atomic E-state index is 11.6. The van der Waals surface area contributed by atoms with Crippen LogP contribution in [0.15, 0.2) is 36.4 Å². The Labute approximate surface area is 211 Å². The predicted molar refractivity (Wildman–Crippen MR) is 139 cm³/mol. The SMILES string of the molecule is C[C@@H](Nc1cc(N2CCN(C3CCC[C@H](C(N)=O)C3)CC2)ccc1Cl)c1ccc(Cl)cc1Cl. The van der Waals surface area contributed by atoms with Gasteiger partial charge in [0.2, 0.25) is 5.91 Å². The molecule has 0 aromatic heterocycles. The van der Waals surface area contributed by atoms with E-state index >= 15 is 0 Å². The molecular formula is C25H31Cl3N4O. The summed E-state index contributed by atoms with van der Waals surface area (Å²) in [5.74, 6) is -0.114. The molecule has 0 spiro atoms. The number of carbonyl (C=O) groups excluding carboxylic acids is 1. The minimum absolute atomic E-state index is 0.0242. The number of nitrogens with one attached hydrogen (secondary N) is 1. The van der Waals surface area contributed by atoms with E-state index in [1.54, 1.807) is 6.07 Å². The normalized spacial score (nSPS) is 22.7. The van der Waals surface area contributed by atoms with Gasteiger partial charge < -0.3 is 16.0 Å². The summed E-state index contributed by atoms with van der Waals surface area (Å²) in [6.45, 7) is 5.91. The van der Waals surface area contributed by atoms with Gasteiger partial charge in [-0.3, -0.25) is 9.69 Å². The highest BCUT2D eigenvalue weighted by atomic mass is 35.5. The van der Waals surface area contributed by atoms with Crippen LogP contribution in [0.5, 0.6) is 0 Å². The third-order valence-electron chi connectivity index (χ3n) is 7.00. The summed E-state index contributed by atoms with van der Waals surface area (Å²) in [4.78, 5) is 16.6. The van der Waals surface area contributed by atoms with Crippen LogP contribution in [-0.4, -0.2) is 43.0 Å². The molecule has 0 radical (unpaired) electrons. The number of primary amides is 1. The number of anilines is 2. The smallest absolute Gasteiger partial charge is 0.220 e. The molecular weight excluding hydrogens is 479 g/mol. The summed E-state index contributed by atoms with van der Waals surface area (Å²) in [6, 6.07) is 12.1. The van der Waals surface area contributed by atoms with Crippen molar-refractivity contribution in [3.63, 3.8) is 0 Å². The molecule has 1 heterocycles. The lowest BCUT2D eigenvalue weighted by Gasteiger charge is -2.42. The zero-order valence-electron chi connectivity index (χ0n) is 18.9. The van der Waals surface area contributed by atoms with Crippen molar-refractivity contribution in [1.29, 1.82) is 0 Å². The number of piperazine rings is 1. The van der Waals surface area contributed by atoms with E-state index in [1.165, 1.54) is 0 Å². The van der Waals surface area contributed by atoms with Crippen LogP contribution in [0.2, 0.25) is 15.1 Å². The summed E-state index contributed by atoms with van der Waals surface area (Å²) < 4.78 is 0. The van der Waals surface area contributed by atoms with Gasteiger partial charge in [-0.1, -0.05) is 47.3 Å². The Morgan fingerprint density at radius 3 is 2.48 bits per heavy atom. The number of rotatable bonds is 6. The molecule has 2 fully saturated rings. The van der Waals surface area contributed by atoms with E-state index < -0.39 is 0 Å². The first-order valence-electron chi connectivity index (χ1n) is 11.6. The Morgan fingerprint density at radius 1 is 1.03 bits per heavy atom. The monoisotopic (exact) mass is 508 g/mol. The number of halogens is 3. The number of benzene rings is 2. The summed E-state index contributed by atoms with van der Waals surface area (Å²) in [7, 11) is 0. The summed E-state index contributed by atoms with van der Waals surface area (Å²) in [5.41, 5.74) is 8.57. The lowest BCUT2D eigenvalue weighted by atomic mass is 9.84. The molecule has 3 N–H and O–H groups in total. The Kier molecular flexibility index (Phi) is 7.95. The fourth-order valence-corrected chi connectivity index (χ4v) is 5.83. The van der Waals surface area contributed by atoms with Gasteiger partial charge in [0.25, 0.3) is 0 Å². The Balaban J connectivity index is 1.39. The molecule has 1 aliphatic carbocycles. The molecule has 178 valence electrons. The molecule has 4 rings (SSSR count). The fraction of sp³-hybridized carbons (Fsp3) is 0.480. The molecule has 1 saturated heterocycles. The minimum atomic E-state index is -0.145. The van der Waals surface area contributed by atoms with Crippen molar-refractivity contribution >= 4 is 52.1 Å². The van der Waals surface area contributed by atoms with Crippen LogP contribution in [-0.2, 0) is 4.79 Å². The Hall–Kier alpha value is -1.66. The second-order valence-corrected chi connectivity index (χ2v) is 10.4. The van der Waals surface area contributed by atoms with Gasteiger partial charge in [-0.25, -0.2) is 0 Å². The van der Waals surface area contributed by atoms with Crippen molar-refractivity contribution in [1.82, 2.24) is 4.90 Å². The topological polar surface area (TPSA) is 61.6 Å². The van der Waals surface area contributed by atoms with Gasteiger partial charge in [-0.05, 0) is 62.1 Å². The van der Waals surface area contributed by atoms with E-state index in [0.717, 1.165) is 68.8 Å². The Morgan fingerprint density at radius 2 is 1.79 bits per heavy atom. The predicted octanol–water partition coefficient (Wildman–Crippen LogP) is 5.99. The summed E-state index contributed by atoms with van der Waals surface area (Å²) in [5, 5.41) is 5.43. The van der Waals surface area contributed by atoms with Gasteiger partial charge in [0.1, 0.15) is 0 Å². The van der Waals surface area contributed by atoms with E-state index in [-0.39, 0.29) is 17.9 Å². The van der Waals surface area contributed by atoms with Crippen molar-refractivity contribution in [2.24, 2.45) is 11.7 Å². The van der Waals surface area contributed by atoms with Gasteiger partial charge in [-0.15, -0.1) is 0 Å². The molecule has 1 amide bonds. The molecule has 2 aliphatic rings. The molecule has 8 heteroatoms. The standard InChI is InChI=1S/C25H31Cl3N4O/c1-16(21-7-5-18(26)14-23(21)28)30-24-15-20(6-8-22(24)27)32-11-9-31(10-12-32)19-4-2-3-17(13-19)25(29)33/h5-8,14-17,19,30H,2-4,9-13H2,1H3,(H2,29,33)/t16-,17+,19?/m1/s1. The maximum absolute atomic E-state index is 11.6. The second-order valence-electron chi connectivity index (χ2n) is 9.14. The number of hydrogen-bond donors (Lipinski definition) is 2. The number of hydrogen-bond acceptors (Lipinski definition) is 4. The van der Waals surface area contributed by atoms with E-state index in [0.29, 0.717) is 21.1 Å². The highest BCUT2D eigenvalue weighted by Crippen LogP contribution is 2.34. The Bertz CT molecular complexity index is 994. The van der Waals surface area contributed by atoms with Crippen molar-refractivity contribution in [3.05, 3.63) is 57.0 Å². The van der Waals surface area contributed by atoms with Gasteiger partial charge in [0.15, 0.2) is 0 Å². The van der Waals surface area contributed by atoms with Crippen LogP contribution in [0, 0.1) is 5.92 Å². The van der Waals surface area contributed by atoms with E-state index in [2.05, 4.69) is 34.2 Å². The molecule has 5 nitrogen and oxygen atoms in total. The molecule has 0 bridgehead atoms. The number of nitrogens with two attached hydrogens (primary N) is 1. The zero-order chi connectivity index (χ0) is 23.5. The number of carbonyl (C=O) groups is 1. The molecule has 33 heavy (non-hydrogen) atoms.